The minimum atomic E-state index is -0.944. The van der Waals surface area contributed by atoms with Crippen molar-refractivity contribution >= 4 is 23.5 Å². The van der Waals surface area contributed by atoms with Crippen LogP contribution in [0.1, 0.15) is 23.7 Å². The maximum Gasteiger partial charge on any atom is 0.308 e. The molecule has 0 aromatic heterocycles. The van der Waals surface area contributed by atoms with Crippen LogP contribution in [-0.4, -0.2) is 34.3 Å². The standard InChI is InChI=1S/C15H18ClNO3/c1-2-10-17(11-13(8-9-16)15(19)20)14(18)12-6-4-3-5-7-12/h2-7,10,13H,8-9,11H2,1H3,(H,19,20). The third-order valence-corrected chi connectivity index (χ3v) is 3.05. The van der Waals surface area contributed by atoms with Crippen molar-refractivity contribution in [2.75, 3.05) is 12.4 Å². The van der Waals surface area contributed by atoms with Crippen LogP contribution in [0.25, 0.3) is 0 Å². The van der Waals surface area contributed by atoms with E-state index in [0.29, 0.717) is 12.0 Å². The molecule has 1 aromatic carbocycles. The van der Waals surface area contributed by atoms with E-state index < -0.39 is 11.9 Å². The van der Waals surface area contributed by atoms with Gasteiger partial charge in [0.1, 0.15) is 0 Å². The van der Waals surface area contributed by atoms with Gasteiger partial charge < -0.3 is 10.0 Å². The van der Waals surface area contributed by atoms with Gasteiger partial charge >= 0.3 is 5.97 Å². The molecule has 0 heterocycles. The molecule has 1 amide bonds. The van der Waals surface area contributed by atoms with Gasteiger partial charge in [0.25, 0.3) is 5.91 Å². The van der Waals surface area contributed by atoms with E-state index in [9.17, 15) is 9.59 Å². The van der Waals surface area contributed by atoms with E-state index in [0.717, 1.165) is 0 Å². The Morgan fingerprint density at radius 1 is 1.35 bits per heavy atom. The van der Waals surface area contributed by atoms with Crippen LogP contribution in [0.3, 0.4) is 0 Å². The number of allylic oxidation sites excluding steroid dienone is 1. The van der Waals surface area contributed by atoms with Crippen molar-refractivity contribution in [3.05, 3.63) is 48.2 Å². The summed E-state index contributed by atoms with van der Waals surface area (Å²) in [4.78, 5) is 24.9. The lowest BCUT2D eigenvalue weighted by molar-refractivity contribution is -0.142. The summed E-state index contributed by atoms with van der Waals surface area (Å²) in [6, 6.07) is 8.78. The van der Waals surface area contributed by atoms with E-state index in [4.69, 9.17) is 16.7 Å². The van der Waals surface area contributed by atoms with Crippen LogP contribution in [0.2, 0.25) is 0 Å². The van der Waals surface area contributed by atoms with Crippen molar-refractivity contribution in [2.45, 2.75) is 13.3 Å². The molecular weight excluding hydrogens is 278 g/mol. The molecular formula is C15H18ClNO3. The highest BCUT2D eigenvalue weighted by Crippen LogP contribution is 2.12. The summed E-state index contributed by atoms with van der Waals surface area (Å²) in [6.45, 7) is 1.89. The molecule has 1 unspecified atom stereocenters. The molecule has 1 rings (SSSR count). The molecule has 0 aliphatic rings. The maximum absolute atomic E-state index is 12.3. The average molecular weight is 296 g/mol. The fraction of sp³-hybridized carbons (Fsp3) is 0.333. The molecule has 0 fully saturated rings. The van der Waals surface area contributed by atoms with Gasteiger partial charge in [0.15, 0.2) is 0 Å². The number of halogens is 1. The number of hydrogen-bond acceptors (Lipinski definition) is 2. The number of amides is 1. The number of carboxylic acid groups (broad SMARTS) is 1. The van der Waals surface area contributed by atoms with Crippen molar-refractivity contribution in [3.8, 4) is 0 Å². The van der Waals surface area contributed by atoms with E-state index in [-0.39, 0.29) is 18.3 Å². The number of nitrogens with zero attached hydrogens (tertiary/aromatic N) is 1. The molecule has 1 atom stereocenters. The van der Waals surface area contributed by atoms with Crippen molar-refractivity contribution in [3.63, 3.8) is 0 Å². The summed E-state index contributed by atoms with van der Waals surface area (Å²) < 4.78 is 0. The summed E-state index contributed by atoms with van der Waals surface area (Å²) in [7, 11) is 0. The highest BCUT2D eigenvalue weighted by molar-refractivity contribution is 6.17. The highest BCUT2D eigenvalue weighted by atomic mass is 35.5. The third-order valence-electron chi connectivity index (χ3n) is 2.83. The molecule has 0 radical (unpaired) electrons. The zero-order chi connectivity index (χ0) is 15.0. The van der Waals surface area contributed by atoms with E-state index in [1.54, 1.807) is 43.5 Å². The molecule has 0 saturated heterocycles. The van der Waals surface area contributed by atoms with E-state index in [1.165, 1.54) is 4.90 Å². The zero-order valence-corrected chi connectivity index (χ0v) is 12.1. The molecule has 0 spiro atoms. The smallest absolute Gasteiger partial charge is 0.308 e. The van der Waals surface area contributed by atoms with Crippen molar-refractivity contribution in [2.24, 2.45) is 5.92 Å². The van der Waals surface area contributed by atoms with E-state index in [1.807, 2.05) is 6.07 Å². The Morgan fingerprint density at radius 2 is 2.00 bits per heavy atom. The van der Waals surface area contributed by atoms with Crippen molar-refractivity contribution < 1.29 is 14.7 Å². The van der Waals surface area contributed by atoms with E-state index in [2.05, 4.69) is 0 Å². The zero-order valence-electron chi connectivity index (χ0n) is 11.3. The SMILES string of the molecule is CC=CN(CC(CCCl)C(=O)O)C(=O)c1ccccc1. The third kappa shape index (κ3) is 4.70. The summed E-state index contributed by atoms with van der Waals surface area (Å²) in [5.41, 5.74) is 0.528. The first-order valence-electron chi connectivity index (χ1n) is 6.37. The van der Waals surface area contributed by atoms with Gasteiger partial charge in [-0.2, -0.15) is 0 Å². The van der Waals surface area contributed by atoms with Crippen LogP contribution >= 0.6 is 11.6 Å². The van der Waals surface area contributed by atoms with Crippen LogP contribution < -0.4 is 0 Å². The summed E-state index contributed by atoms with van der Waals surface area (Å²) in [6.07, 6.45) is 3.63. The molecule has 1 aromatic rings. The Morgan fingerprint density at radius 3 is 2.50 bits per heavy atom. The number of alkyl halides is 1. The number of carboxylic acids is 1. The lowest BCUT2D eigenvalue weighted by Gasteiger charge is -2.22. The first-order valence-corrected chi connectivity index (χ1v) is 6.91. The van der Waals surface area contributed by atoms with Crippen molar-refractivity contribution in [1.82, 2.24) is 4.90 Å². The largest absolute Gasteiger partial charge is 0.481 e. The number of hydrogen-bond donors (Lipinski definition) is 1. The topological polar surface area (TPSA) is 57.6 Å². The normalized spacial score (nSPS) is 12.3. The van der Waals surface area contributed by atoms with Crippen LogP contribution in [-0.2, 0) is 4.79 Å². The molecule has 1 N–H and O–H groups in total. The van der Waals surface area contributed by atoms with Crippen LogP contribution in [0.5, 0.6) is 0 Å². The summed E-state index contributed by atoms with van der Waals surface area (Å²) in [5, 5.41) is 9.15. The Balaban J connectivity index is 2.88. The van der Waals surface area contributed by atoms with E-state index >= 15 is 0 Å². The van der Waals surface area contributed by atoms with Gasteiger partial charge in [0, 0.05) is 24.2 Å². The predicted molar refractivity (Wildman–Crippen MR) is 78.8 cm³/mol. The number of benzene rings is 1. The fourth-order valence-electron chi connectivity index (χ4n) is 1.80. The molecule has 20 heavy (non-hydrogen) atoms. The van der Waals surface area contributed by atoms with Gasteiger partial charge in [-0.25, -0.2) is 0 Å². The number of rotatable bonds is 7. The van der Waals surface area contributed by atoms with Gasteiger partial charge in [0.05, 0.1) is 5.92 Å². The van der Waals surface area contributed by atoms with Crippen LogP contribution in [0.15, 0.2) is 42.6 Å². The first kappa shape index (κ1) is 16.2. The Kier molecular flexibility index (Phi) is 6.81. The molecule has 5 heteroatoms. The van der Waals surface area contributed by atoms with Gasteiger partial charge in [-0.15, -0.1) is 11.6 Å². The quantitative estimate of drug-likeness (QED) is 0.787. The molecule has 0 bridgehead atoms. The minimum absolute atomic E-state index is 0.111. The highest BCUT2D eigenvalue weighted by Gasteiger charge is 2.23. The lowest BCUT2D eigenvalue weighted by atomic mass is 10.1. The van der Waals surface area contributed by atoms with Crippen LogP contribution in [0.4, 0.5) is 0 Å². The summed E-state index contributed by atoms with van der Waals surface area (Å²) in [5.74, 6) is -1.58. The predicted octanol–water partition coefficient (Wildman–Crippen LogP) is 2.99. The molecule has 108 valence electrons. The first-order chi connectivity index (χ1) is 9.60. The van der Waals surface area contributed by atoms with Gasteiger partial charge in [-0.05, 0) is 25.5 Å². The Hall–Kier alpha value is -1.81. The number of carbonyl (C=O) groups excluding carboxylic acids is 1. The van der Waals surface area contributed by atoms with Crippen molar-refractivity contribution in [1.29, 1.82) is 0 Å². The second kappa shape index (κ2) is 8.38. The average Bonchev–Trinajstić information content (AvgIpc) is 2.46. The molecule has 0 aliphatic carbocycles. The molecule has 0 aliphatic heterocycles. The van der Waals surface area contributed by atoms with Crippen LogP contribution in [0, 0.1) is 5.92 Å². The maximum atomic E-state index is 12.3. The van der Waals surface area contributed by atoms with Gasteiger partial charge in [-0.3, -0.25) is 9.59 Å². The monoisotopic (exact) mass is 295 g/mol. The molecule has 0 saturated carbocycles. The number of carbonyl (C=O) groups is 2. The van der Waals surface area contributed by atoms with Gasteiger partial charge in [-0.1, -0.05) is 24.3 Å². The molecule has 4 nitrogen and oxygen atoms in total. The minimum Gasteiger partial charge on any atom is -0.481 e. The Bertz CT molecular complexity index is 473. The second-order valence-corrected chi connectivity index (χ2v) is 4.70. The summed E-state index contributed by atoms with van der Waals surface area (Å²) >= 11 is 5.61. The Labute approximate surface area is 123 Å². The number of aliphatic carboxylic acids is 1. The lowest BCUT2D eigenvalue weighted by Crippen LogP contribution is -2.34. The fourth-order valence-corrected chi connectivity index (χ4v) is 2.06. The second-order valence-electron chi connectivity index (χ2n) is 4.32. The van der Waals surface area contributed by atoms with Gasteiger partial charge in [0.2, 0.25) is 0 Å².